The second-order valence-corrected chi connectivity index (χ2v) is 9.62. The highest BCUT2D eigenvalue weighted by Gasteiger charge is 2.30. The van der Waals surface area contributed by atoms with Gasteiger partial charge in [-0.2, -0.15) is 13.2 Å². The third-order valence-electron chi connectivity index (χ3n) is 3.32. The first-order valence-electron chi connectivity index (χ1n) is 7.00. The van der Waals surface area contributed by atoms with Crippen molar-refractivity contribution >= 4 is 29.6 Å². The van der Waals surface area contributed by atoms with E-state index in [1.165, 1.54) is 13.2 Å². The topological polar surface area (TPSA) is 86.7 Å². The molecule has 0 saturated carbocycles. The number of ether oxygens (including phenoxy) is 2. The van der Waals surface area contributed by atoms with Crippen molar-refractivity contribution in [1.29, 1.82) is 0 Å². The van der Waals surface area contributed by atoms with Gasteiger partial charge in [-0.1, -0.05) is 0 Å². The molecule has 0 unspecified atom stereocenters. The maximum absolute atomic E-state index is 12.6. The Bertz CT molecular complexity index is 1030. The van der Waals surface area contributed by atoms with Gasteiger partial charge in [-0.25, -0.2) is 16.8 Å². The largest absolute Gasteiger partial charge is 0.497 e. The quantitative estimate of drug-likeness (QED) is 0.634. The Kier molecular flexibility index (Phi) is 5.97. The number of hydrogen-bond donors (Lipinski definition) is 0. The normalized spacial score (nSPS) is 12.6. The number of methoxy groups -OCH3 is 1. The lowest BCUT2D eigenvalue weighted by molar-refractivity contribution is -0.137. The molecule has 0 aromatic heterocycles. The van der Waals surface area contributed by atoms with Crippen molar-refractivity contribution in [3.63, 3.8) is 0 Å². The number of sulfone groups is 1. The first-order valence-corrected chi connectivity index (χ1v) is 11.0. The third-order valence-corrected chi connectivity index (χ3v) is 6.10. The van der Waals surface area contributed by atoms with Gasteiger partial charge in [-0.15, -0.1) is 0 Å². The van der Waals surface area contributed by atoms with Crippen molar-refractivity contribution in [3.8, 4) is 11.5 Å². The molecule has 0 spiro atoms. The summed E-state index contributed by atoms with van der Waals surface area (Å²) < 4.78 is 95.3. The van der Waals surface area contributed by atoms with E-state index in [1.54, 1.807) is 0 Å². The molecule has 0 atom stereocenters. The Morgan fingerprint density at radius 1 is 1.00 bits per heavy atom. The highest BCUT2D eigenvalue weighted by molar-refractivity contribution is 8.13. The molecule has 0 aliphatic carbocycles. The van der Waals surface area contributed by atoms with Crippen LogP contribution < -0.4 is 9.47 Å². The van der Waals surface area contributed by atoms with Crippen LogP contribution >= 0.6 is 10.7 Å². The van der Waals surface area contributed by atoms with Gasteiger partial charge in [-0.05, 0) is 36.4 Å². The SMILES string of the molecule is COc1ccc(S(=O)(=O)Cl)c(OCS(=O)(=O)c2ccc(C(F)(F)F)cc2)c1. The summed E-state index contributed by atoms with van der Waals surface area (Å²) in [5, 5.41) is 0. The van der Waals surface area contributed by atoms with Crippen LogP contribution in [0.3, 0.4) is 0 Å². The Morgan fingerprint density at radius 3 is 2.07 bits per heavy atom. The minimum Gasteiger partial charge on any atom is -0.497 e. The highest BCUT2D eigenvalue weighted by atomic mass is 35.7. The zero-order chi connectivity index (χ0) is 20.5. The van der Waals surface area contributed by atoms with E-state index in [2.05, 4.69) is 0 Å². The molecule has 0 N–H and O–H groups in total. The summed E-state index contributed by atoms with van der Waals surface area (Å²) in [6.07, 6.45) is -4.61. The van der Waals surface area contributed by atoms with Crippen LogP contribution in [0.2, 0.25) is 0 Å². The lowest BCUT2D eigenvalue weighted by atomic mass is 10.2. The van der Waals surface area contributed by atoms with E-state index in [1.807, 2.05) is 0 Å². The summed E-state index contributed by atoms with van der Waals surface area (Å²) in [7, 11) is -1.83. The van der Waals surface area contributed by atoms with Crippen molar-refractivity contribution in [2.45, 2.75) is 16.0 Å². The molecule has 12 heteroatoms. The molecule has 0 bridgehead atoms. The van der Waals surface area contributed by atoms with Gasteiger partial charge in [0.05, 0.1) is 17.6 Å². The van der Waals surface area contributed by atoms with Crippen LogP contribution in [0.4, 0.5) is 13.2 Å². The van der Waals surface area contributed by atoms with Gasteiger partial charge in [0.2, 0.25) is 9.84 Å². The van der Waals surface area contributed by atoms with Crippen molar-refractivity contribution in [3.05, 3.63) is 48.0 Å². The number of alkyl halides is 3. The first-order chi connectivity index (χ1) is 12.3. The summed E-state index contributed by atoms with van der Waals surface area (Å²) in [6, 6.07) is 6.28. The summed E-state index contributed by atoms with van der Waals surface area (Å²) >= 11 is 0. The maximum atomic E-state index is 12.6. The molecular weight excluding hydrogens is 433 g/mol. The molecule has 0 aliphatic heterocycles. The monoisotopic (exact) mass is 444 g/mol. The van der Waals surface area contributed by atoms with Crippen molar-refractivity contribution < 1.29 is 39.5 Å². The molecule has 0 saturated heterocycles. The van der Waals surface area contributed by atoms with Gasteiger partial charge in [-0.3, -0.25) is 0 Å². The summed E-state index contributed by atoms with van der Waals surface area (Å²) in [4.78, 5) is -0.902. The second-order valence-electron chi connectivity index (χ2n) is 5.15. The Hall–Kier alpha value is -1.98. The van der Waals surface area contributed by atoms with E-state index in [0.29, 0.717) is 12.1 Å². The molecule has 0 radical (unpaired) electrons. The molecular formula is C15H12ClF3O6S2. The van der Waals surface area contributed by atoms with E-state index < -0.39 is 46.4 Å². The maximum Gasteiger partial charge on any atom is 0.416 e. The number of rotatable bonds is 6. The minimum absolute atomic E-state index is 0.181. The fraction of sp³-hybridized carbons (Fsp3) is 0.200. The van der Waals surface area contributed by atoms with E-state index in [4.69, 9.17) is 20.2 Å². The van der Waals surface area contributed by atoms with E-state index >= 15 is 0 Å². The number of hydrogen-bond acceptors (Lipinski definition) is 6. The molecule has 6 nitrogen and oxygen atoms in total. The van der Waals surface area contributed by atoms with E-state index in [-0.39, 0.29) is 11.5 Å². The fourth-order valence-corrected chi connectivity index (χ4v) is 3.93. The smallest absolute Gasteiger partial charge is 0.416 e. The van der Waals surface area contributed by atoms with Crippen LogP contribution in [0.15, 0.2) is 52.3 Å². The van der Waals surface area contributed by atoms with Crippen LogP contribution in [0.1, 0.15) is 5.56 Å². The second kappa shape index (κ2) is 7.56. The predicted molar refractivity (Wildman–Crippen MR) is 90.2 cm³/mol. The molecule has 2 rings (SSSR count). The first kappa shape index (κ1) is 21.3. The van der Waals surface area contributed by atoms with Crippen molar-refractivity contribution in [2.24, 2.45) is 0 Å². The van der Waals surface area contributed by atoms with Gasteiger partial charge >= 0.3 is 6.18 Å². The zero-order valence-corrected chi connectivity index (χ0v) is 15.9. The van der Waals surface area contributed by atoms with Crippen LogP contribution in [0.25, 0.3) is 0 Å². The van der Waals surface area contributed by atoms with Gasteiger partial charge in [0.15, 0.2) is 5.94 Å². The Morgan fingerprint density at radius 2 is 1.59 bits per heavy atom. The Labute approximate surface area is 157 Å². The molecule has 2 aromatic rings. The van der Waals surface area contributed by atoms with Gasteiger partial charge in [0.1, 0.15) is 16.4 Å². The number of benzene rings is 2. The summed E-state index contributed by atoms with van der Waals surface area (Å²) in [5.41, 5.74) is -1.01. The summed E-state index contributed by atoms with van der Waals surface area (Å²) in [5.74, 6) is -1.22. The fourth-order valence-electron chi connectivity index (χ4n) is 1.99. The molecule has 27 heavy (non-hydrogen) atoms. The zero-order valence-electron chi connectivity index (χ0n) is 13.5. The van der Waals surface area contributed by atoms with Gasteiger partial charge in [0.25, 0.3) is 9.05 Å². The molecule has 0 heterocycles. The third kappa shape index (κ3) is 5.27. The van der Waals surface area contributed by atoms with Crippen LogP contribution in [0, 0.1) is 0 Å². The molecule has 148 valence electrons. The summed E-state index contributed by atoms with van der Waals surface area (Å²) in [6.45, 7) is 0. The lowest BCUT2D eigenvalue weighted by Crippen LogP contribution is -2.14. The van der Waals surface area contributed by atoms with Crippen LogP contribution in [-0.2, 0) is 25.1 Å². The van der Waals surface area contributed by atoms with Crippen molar-refractivity contribution in [2.75, 3.05) is 13.0 Å². The average molecular weight is 445 g/mol. The van der Waals surface area contributed by atoms with E-state index in [0.717, 1.165) is 24.3 Å². The molecule has 2 aromatic carbocycles. The average Bonchev–Trinajstić information content (AvgIpc) is 2.58. The molecule has 0 amide bonds. The number of halogens is 4. The molecule has 0 aliphatic rings. The van der Waals surface area contributed by atoms with Crippen molar-refractivity contribution in [1.82, 2.24) is 0 Å². The lowest BCUT2D eigenvalue weighted by Gasteiger charge is -2.12. The minimum atomic E-state index is -4.61. The highest BCUT2D eigenvalue weighted by Crippen LogP contribution is 2.32. The Balaban J connectivity index is 2.30. The van der Waals surface area contributed by atoms with Crippen LogP contribution in [-0.4, -0.2) is 29.9 Å². The van der Waals surface area contributed by atoms with Gasteiger partial charge < -0.3 is 9.47 Å². The predicted octanol–water partition coefficient (Wildman–Crippen LogP) is 3.45. The van der Waals surface area contributed by atoms with Gasteiger partial charge in [0, 0.05) is 16.7 Å². The standard InChI is InChI=1S/C15H12ClF3O6S2/c1-24-11-4-7-14(27(16,22)23)13(8-11)25-9-26(20,21)12-5-2-10(3-6-12)15(17,18)19/h2-8H,9H2,1H3. The molecule has 0 fully saturated rings. The van der Waals surface area contributed by atoms with E-state index in [9.17, 15) is 30.0 Å². The van der Waals surface area contributed by atoms with Crippen LogP contribution in [0.5, 0.6) is 11.5 Å².